The molecule has 0 amide bonds. The van der Waals surface area contributed by atoms with Crippen molar-refractivity contribution >= 4 is 23.3 Å². The van der Waals surface area contributed by atoms with E-state index < -0.39 is 0 Å². The number of benzene rings is 2. The molecule has 2 aromatic carbocycles. The van der Waals surface area contributed by atoms with Gasteiger partial charge in [0, 0.05) is 11.6 Å². The second-order valence-electron chi connectivity index (χ2n) is 5.75. The number of allylic oxidation sites excluding steroid dienone is 1. The number of aromatic nitrogens is 1. The average molecular weight is 335 g/mol. The van der Waals surface area contributed by atoms with Gasteiger partial charge in [-0.25, -0.2) is 4.39 Å². The third-order valence-electron chi connectivity index (χ3n) is 4.04. The molecule has 0 fully saturated rings. The fraction of sp³-hybridized carbons (Fsp3) is 0.143. The van der Waals surface area contributed by atoms with Crippen LogP contribution in [0.25, 0.3) is 17.0 Å². The summed E-state index contributed by atoms with van der Waals surface area (Å²) in [6.45, 7) is 1.92. The minimum absolute atomic E-state index is 0.248. The third-order valence-corrected chi connectivity index (χ3v) is 4.04. The number of pyridine rings is 1. The van der Waals surface area contributed by atoms with Gasteiger partial charge in [-0.1, -0.05) is 24.3 Å². The Balaban J connectivity index is 2.13. The SMILES string of the molecule is C/C=C/c1cc(C=O)c(OC)c2ncc(Cc3ccc(F)cc3)cc12. The van der Waals surface area contributed by atoms with Crippen molar-refractivity contribution in [1.29, 1.82) is 0 Å². The van der Waals surface area contributed by atoms with Crippen molar-refractivity contribution in [3.8, 4) is 5.75 Å². The van der Waals surface area contributed by atoms with E-state index in [2.05, 4.69) is 4.98 Å². The molecular weight excluding hydrogens is 317 g/mol. The van der Waals surface area contributed by atoms with Crippen molar-refractivity contribution in [3.63, 3.8) is 0 Å². The van der Waals surface area contributed by atoms with Crippen LogP contribution in [0.2, 0.25) is 0 Å². The van der Waals surface area contributed by atoms with Gasteiger partial charge < -0.3 is 4.74 Å². The van der Waals surface area contributed by atoms with E-state index in [4.69, 9.17) is 4.74 Å². The Morgan fingerprint density at radius 1 is 1.12 bits per heavy atom. The molecule has 0 saturated carbocycles. The molecule has 0 aliphatic heterocycles. The van der Waals surface area contributed by atoms with Gasteiger partial charge in [-0.15, -0.1) is 0 Å². The summed E-state index contributed by atoms with van der Waals surface area (Å²) < 4.78 is 18.5. The van der Waals surface area contributed by atoms with Crippen LogP contribution >= 0.6 is 0 Å². The molecule has 0 radical (unpaired) electrons. The van der Waals surface area contributed by atoms with E-state index in [1.54, 1.807) is 24.4 Å². The molecule has 0 bridgehead atoms. The quantitative estimate of drug-likeness (QED) is 0.628. The van der Waals surface area contributed by atoms with Gasteiger partial charge in [0.15, 0.2) is 12.0 Å². The highest BCUT2D eigenvalue weighted by molar-refractivity contribution is 5.99. The van der Waals surface area contributed by atoms with E-state index in [0.717, 1.165) is 28.4 Å². The molecule has 0 aliphatic carbocycles. The Morgan fingerprint density at radius 2 is 1.88 bits per heavy atom. The van der Waals surface area contributed by atoms with Gasteiger partial charge in [0.1, 0.15) is 11.3 Å². The second-order valence-corrected chi connectivity index (χ2v) is 5.75. The van der Waals surface area contributed by atoms with Crippen LogP contribution < -0.4 is 4.74 Å². The zero-order chi connectivity index (χ0) is 17.8. The molecule has 3 rings (SSSR count). The topological polar surface area (TPSA) is 39.2 Å². The summed E-state index contributed by atoms with van der Waals surface area (Å²) in [5, 5.41) is 0.917. The van der Waals surface area contributed by atoms with Crippen molar-refractivity contribution in [2.24, 2.45) is 0 Å². The molecule has 3 aromatic rings. The van der Waals surface area contributed by atoms with Crippen LogP contribution in [0.4, 0.5) is 4.39 Å². The normalized spacial score (nSPS) is 11.2. The van der Waals surface area contributed by atoms with Crippen LogP contribution in [-0.2, 0) is 6.42 Å². The lowest BCUT2D eigenvalue weighted by Crippen LogP contribution is -1.98. The Hall–Kier alpha value is -3.01. The van der Waals surface area contributed by atoms with Crippen LogP contribution in [0.1, 0.15) is 34.0 Å². The Kier molecular flexibility index (Phi) is 4.89. The number of halogens is 1. The molecule has 1 aromatic heterocycles. The summed E-state index contributed by atoms with van der Waals surface area (Å²) in [6, 6.07) is 10.3. The standard InChI is InChI=1S/C21H18FNO2/c1-3-4-16-11-17(13-24)21(25-2)20-19(16)10-15(12-23-20)9-14-5-7-18(22)8-6-14/h3-8,10-13H,9H2,1-2H3/b4-3+. The summed E-state index contributed by atoms with van der Waals surface area (Å²) in [5.74, 6) is 0.230. The van der Waals surface area contributed by atoms with Gasteiger partial charge in [0.05, 0.1) is 12.7 Å². The van der Waals surface area contributed by atoms with E-state index >= 15 is 0 Å². The number of nitrogens with zero attached hydrogens (tertiary/aromatic N) is 1. The first-order chi connectivity index (χ1) is 12.2. The van der Waals surface area contributed by atoms with Crippen LogP contribution in [0.15, 0.2) is 48.7 Å². The highest BCUT2D eigenvalue weighted by Crippen LogP contribution is 2.32. The Bertz CT molecular complexity index is 946. The summed E-state index contributed by atoms with van der Waals surface area (Å²) in [6.07, 6.45) is 7.05. The van der Waals surface area contributed by atoms with Crippen molar-refractivity contribution < 1.29 is 13.9 Å². The van der Waals surface area contributed by atoms with Gasteiger partial charge in [-0.05, 0) is 54.3 Å². The molecule has 0 spiro atoms. The van der Waals surface area contributed by atoms with Crippen LogP contribution in [0.5, 0.6) is 5.75 Å². The second kappa shape index (κ2) is 7.26. The zero-order valence-electron chi connectivity index (χ0n) is 14.1. The molecule has 0 atom stereocenters. The average Bonchev–Trinajstić information content (AvgIpc) is 2.63. The third kappa shape index (κ3) is 3.43. The predicted octanol–water partition coefficient (Wildman–Crippen LogP) is 4.82. The maximum Gasteiger partial charge on any atom is 0.155 e. The minimum Gasteiger partial charge on any atom is -0.494 e. The number of aldehydes is 1. The predicted molar refractivity (Wildman–Crippen MR) is 97.6 cm³/mol. The summed E-state index contributed by atoms with van der Waals surface area (Å²) >= 11 is 0. The fourth-order valence-corrected chi connectivity index (χ4v) is 2.91. The van der Waals surface area contributed by atoms with Crippen LogP contribution in [0.3, 0.4) is 0 Å². The molecule has 0 N–H and O–H groups in total. The highest BCUT2D eigenvalue weighted by Gasteiger charge is 2.13. The van der Waals surface area contributed by atoms with Crippen molar-refractivity contribution in [1.82, 2.24) is 4.98 Å². The molecule has 3 nitrogen and oxygen atoms in total. The summed E-state index contributed by atoms with van der Waals surface area (Å²) in [5.41, 5.74) is 4.05. The number of fused-ring (bicyclic) bond motifs is 1. The number of carbonyl (C=O) groups is 1. The Labute approximate surface area is 145 Å². The van der Waals surface area contributed by atoms with E-state index in [9.17, 15) is 9.18 Å². The largest absolute Gasteiger partial charge is 0.494 e. The number of hydrogen-bond donors (Lipinski definition) is 0. The van der Waals surface area contributed by atoms with Crippen LogP contribution in [0, 0.1) is 5.82 Å². The number of ether oxygens (including phenoxy) is 1. The molecule has 126 valence electrons. The lowest BCUT2D eigenvalue weighted by Gasteiger charge is -2.12. The lowest BCUT2D eigenvalue weighted by atomic mass is 9.99. The van der Waals surface area contributed by atoms with Crippen molar-refractivity contribution in [2.45, 2.75) is 13.3 Å². The van der Waals surface area contributed by atoms with E-state index in [0.29, 0.717) is 23.3 Å². The van der Waals surface area contributed by atoms with Gasteiger partial charge in [-0.3, -0.25) is 9.78 Å². The molecule has 0 aliphatic rings. The van der Waals surface area contributed by atoms with Gasteiger partial charge in [0.2, 0.25) is 0 Å². The highest BCUT2D eigenvalue weighted by atomic mass is 19.1. The lowest BCUT2D eigenvalue weighted by molar-refractivity contribution is 0.112. The van der Waals surface area contributed by atoms with Gasteiger partial charge in [-0.2, -0.15) is 0 Å². The molecule has 4 heteroatoms. The molecule has 25 heavy (non-hydrogen) atoms. The zero-order valence-corrected chi connectivity index (χ0v) is 14.1. The first-order valence-electron chi connectivity index (χ1n) is 7.98. The molecule has 1 heterocycles. The number of methoxy groups -OCH3 is 1. The molecule has 0 unspecified atom stereocenters. The molecular formula is C21H18FNO2. The van der Waals surface area contributed by atoms with Crippen LogP contribution in [-0.4, -0.2) is 18.4 Å². The van der Waals surface area contributed by atoms with Crippen molar-refractivity contribution in [2.75, 3.05) is 7.11 Å². The Morgan fingerprint density at radius 3 is 2.52 bits per heavy atom. The number of carbonyl (C=O) groups excluding carboxylic acids is 1. The monoisotopic (exact) mass is 335 g/mol. The van der Waals surface area contributed by atoms with E-state index in [-0.39, 0.29) is 5.82 Å². The van der Waals surface area contributed by atoms with Gasteiger partial charge >= 0.3 is 0 Å². The molecule has 0 saturated heterocycles. The van der Waals surface area contributed by atoms with Crippen molar-refractivity contribution in [3.05, 3.63) is 76.7 Å². The summed E-state index contributed by atoms with van der Waals surface area (Å²) in [4.78, 5) is 15.9. The fourth-order valence-electron chi connectivity index (χ4n) is 2.91. The summed E-state index contributed by atoms with van der Waals surface area (Å²) in [7, 11) is 1.53. The maximum atomic E-state index is 13.1. The van der Waals surface area contributed by atoms with E-state index in [1.807, 2.05) is 25.1 Å². The smallest absolute Gasteiger partial charge is 0.155 e. The van der Waals surface area contributed by atoms with E-state index in [1.165, 1.54) is 19.2 Å². The van der Waals surface area contributed by atoms with Gasteiger partial charge in [0.25, 0.3) is 0 Å². The first-order valence-corrected chi connectivity index (χ1v) is 7.98. The minimum atomic E-state index is -0.248. The number of hydrogen-bond acceptors (Lipinski definition) is 3. The first kappa shape index (κ1) is 16.8. The number of rotatable bonds is 5. The maximum absolute atomic E-state index is 13.1.